The Balaban J connectivity index is 2.93. The molecule has 0 N–H and O–H groups in total. The molecule has 96 valence electrons. The van der Waals surface area contributed by atoms with Gasteiger partial charge < -0.3 is 9.47 Å². The van der Waals surface area contributed by atoms with E-state index >= 15 is 0 Å². The minimum absolute atomic E-state index is 0.704. The van der Waals surface area contributed by atoms with E-state index in [2.05, 4.69) is 11.9 Å². The van der Waals surface area contributed by atoms with Crippen LogP contribution in [0.5, 0.6) is 11.5 Å². The van der Waals surface area contributed by atoms with Crippen LogP contribution in [0.25, 0.3) is 10.9 Å². The van der Waals surface area contributed by atoms with Crippen LogP contribution in [0.4, 0.5) is 0 Å². The number of pyridine rings is 1. The van der Waals surface area contributed by atoms with Gasteiger partial charge in [0.1, 0.15) is 17.0 Å². The molecular weight excluding hydrogens is 250 g/mol. The van der Waals surface area contributed by atoms with Gasteiger partial charge in [-0.3, -0.25) is 0 Å². The Morgan fingerprint density at radius 2 is 1.78 bits per heavy atom. The summed E-state index contributed by atoms with van der Waals surface area (Å²) in [6, 6.07) is 3.69. The van der Waals surface area contributed by atoms with Gasteiger partial charge in [0.05, 0.1) is 24.6 Å². The molecule has 18 heavy (non-hydrogen) atoms. The molecule has 0 amide bonds. The minimum Gasteiger partial charge on any atom is -0.496 e. The zero-order valence-corrected chi connectivity index (χ0v) is 11.8. The molecule has 0 saturated carbocycles. The molecule has 0 saturated heterocycles. The van der Waals surface area contributed by atoms with Crippen molar-refractivity contribution in [3.8, 4) is 11.5 Å². The van der Waals surface area contributed by atoms with Crippen molar-refractivity contribution in [1.29, 1.82) is 0 Å². The topological polar surface area (TPSA) is 31.4 Å². The highest BCUT2D eigenvalue weighted by Crippen LogP contribution is 2.39. The van der Waals surface area contributed by atoms with Gasteiger partial charge in [-0.25, -0.2) is 4.98 Å². The molecule has 0 radical (unpaired) electrons. The van der Waals surface area contributed by atoms with Crippen LogP contribution >= 0.6 is 11.6 Å². The molecule has 0 aliphatic carbocycles. The van der Waals surface area contributed by atoms with E-state index in [1.807, 2.05) is 19.1 Å². The third kappa shape index (κ3) is 1.89. The van der Waals surface area contributed by atoms with Crippen LogP contribution in [-0.4, -0.2) is 19.2 Å². The van der Waals surface area contributed by atoms with Crippen molar-refractivity contribution in [2.24, 2.45) is 0 Å². The Hall–Kier alpha value is -1.48. The smallest absolute Gasteiger partial charge is 0.145 e. The zero-order valence-electron chi connectivity index (χ0n) is 11.0. The van der Waals surface area contributed by atoms with Crippen LogP contribution < -0.4 is 9.47 Å². The van der Waals surface area contributed by atoms with Crippen molar-refractivity contribution in [3.05, 3.63) is 28.4 Å². The first kappa shape index (κ1) is 13.0. The summed E-state index contributed by atoms with van der Waals surface area (Å²) in [4.78, 5) is 4.60. The number of benzene rings is 1. The van der Waals surface area contributed by atoms with Gasteiger partial charge in [0.15, 0.2) is 0 Å². The highest BCUT2D eigenvalue weighted by molar-refractivity contribution is 6.37. The van der Waals surface area contributed by atoms with Crippen molar-refractivity contribution in [2.75, 3.05) is 14.2 Å². The molecule has 1 heterocycles. The van der Waals surface area contributed by atoms with Crippen LogP contribution in [-0.2, 0) is 6.42 Å². The van der Waals surface area contributed by atoms with Gasteiger partial charge in [-0.1, -0.05) is 18.5 Å². The summed E-state index contributed by atoms with van der Waals surface area (Å²) in [6.07, 6.45) is 0.841. The van der Waals surface area contributed by atoms with Gasteiger partial charge >= 0.3 is 0 Å². The average Bonchev–Trinajstić information content (AvgIpc) is 2.37. The van der Waals surface area contributed by atoms with Crippen molar-refractivity contribution < 1.29 is 9.47 Å². The molecule has 0 atom stereocenters. The van der Waals surface area contributed by atoms with E-state index in [4.69, 9.17) is 21.1 Å². The lowest BCUT2D eigenvalue weighted by atomic mass is 10.1. The maximum absolute atomic E-state index is 6.48. The summed E-state index contributed by atoms with van der Waals surface area (Å²) in [5.74, 6) is 1.43. The van der Waals surface area contributed by atoms with Crippen LogP contribution in [0.1, 0.15) is 18.2 Å². The van der Waals surface area contributed by atoms with Crippen LogP contribution in [0.3, 0.4) is 0 Å². The Morgan fingerprint density at radius 3 is 2.33 bits per heavy atom. The third-order valence-electron chi connectivity index (χ3n) is 3.10. The lowest BCUT2D eigenvalue weighted by Crippen LogP contribution is -1.98. The Labute approximate surface area is 112 Å². The molecule has 0 aliphatic rings. The second kappa shape index (κ2) is 5.02. The number of aryl methyl sites for hydroxylation is 1. The van der Waals surface area contributed by atoms with Gasteiger partial charge in [0.2, 0.25) is 0 Å². The van der Waals surface area contributed by atoms with E-state index in [1.54, 1.807) is 14.2 Å². The minimum atomic E-state index is 0.704. The lowest BCUT2D eigenvalue weighted by molar-refractivity contribution is 0.409. The first-order chi connectivity index (χ1) is 8.63. The van der Waals surface area contributed by atoms with Gasteiger partial charge in [0, 0.05) is 5.69 Å². The Kier molecular flexibility index (Phi) is 3.62. The maximum Gasteiger partial charge on any atom is 0.145 e. The summed E-state index contributed by atoms with van der Waals surface area (Å²) in [7, 11) is 3.25. The van der Waals surface area contributed by atoms with E-state index in [0.29, 0.717) is 10.8 Å². The van der Waals surface area contributed by atoms with Crippen LogP contribution in [0.15, 0.2) is 12.1 Å². The molecular formula is C14H16ClNO2. The fourth-order valence-electron chi connectivity index (χ4n) is 2.17. The number of aromatic nitrogens is 1. The highest BCUT2D eigenvalue weighted by Gasteiger charge is 2.16. The average molecular weight is 266 g/mol. The molecule has 3 nitrogen and oxygen atoms in total. The van der Waals surface area contributed by atoms with Crippen LogP contribution in [0, 0.1) is 6.92 Å². The van der Waals surface area contributed by atoms with E-state index in [-0.39, 0.29) is 0 Å². The lowest BCUT2D eigenvalue weighted by Gasteiger charge is -2.14. The molecule has 1 aromatic heterocycles. The molecule has 2 rings (SSSR count). The number of halogens is 1. The van der Waals surface area contributed by atoms with Gasteiger partial charge in [0.25, 0.3) is 0 Å². The largest absolute Gasteiger partial charge is 0.496 e. The highest BCUT2D eigenvalue weighted by atomic mass is 35.5. The number of hydrogen-bond acceptors (Lipinski definition) is 3. The fourth-order valence-corrected chi connectivity index (χ4v) is 2.62. The predicted molar refractivity (Wildman–Crippen MR) is 74.0 cm³/mol. The Morgan fingerprint density at radius 1 is 1.17 bits per heavy atom. The first-order valence-electron chi connectivity index (χ1n) is 5.83. The number of nitrogens with zero attached hydrogens (tertiary/aromatic N) is 1. The molecule has 1 aromatic carbocycles. The monoisotopic (exact) mass is 265 g/mol. The van der Waals surface area contributed by atoms with Crippen molar-refractivity contribution in [2.45, 2.75) is 20.3 Å². The summed E-state index contributed by atoms with van der Waals surface area (Å²) in [5.41, 5.74) is 2.73. The first-order valence-corrected chi connectivity index (χ1v) is 6.21. The zero-order chi connectivity index (χ0) is 13.3. The number of hydrogen-bond donors (Lipinski definition) is 0. The molecule has 0 spiro atoms. The van der Waals surface area contributed by atoms with Gasteiger partial charge in [-0.2, -0.15) is 0 Å². The molecule has 2 aromatic rings. The standard InChI is InChI=1S/C14H16ClNO2/c1-5-9-8(2)16-14-11(18-4)7-6-10(17-3)12(14)13(9)15/h6-7H,5H2,1-4H3. The fraction of sp³-hybridized carbons (Fsp3) is 0.357. The maximum atomic E-state index is 6.48. The Bertz CT molecular complexity index is 596. The van der Waals surface area contributed by atoms with E-state index in [9.17, 15) is 0 Å². The normalized spacial score (nSPS) is 10.7. The quantitative estimate of drug-likeness (QED) is 0.846. The molecule has 4 heteroatoms. The van der Waals surface area contributed by atoms with Gasteiger partial charge in [-0.05, 0) is 31.0 Å². The van der Waals surface area contributed by atoms with Crippen molar-refractivity contribution in [1.82, 2.24) is 4.98 Å². The van der Waals surface area contributed by atoms with Gasteiger partial charge in [-0.15, -0.1) is 0 Å². The number of fused-ring (bicyclic) bond motifs is 1. The van der Waals surface area contributed by atoms with E-state index in [1.165, 1.54) is 0 Å². The summed E-state index contributed by atoms with van der Waals surface area (Å²) in [5, 5.41) is 1.52. The molecule has 0 bridgehead atoms. The van der Waals surface area contributed by atoms with E-state index < -0.39 is 0 Å². The number of methoxy groups -OCH3 is 2. The third-order valence-corrected chi connectivity index (χ3v) is 3.51. The molecule has 0 fully saturated rings. The van der Waals surface area contributed by atoms with Crippen molar-refractivity contribution in [3.63, 3.8) is 0 Å². The second-order valence-electron chi connectivity index (χ2n) is 4.04. The van der Waals surface area contributed by atoms with Crippen molar-refractivity contribution >= 4 is 22.5 Å². The SMILES string of the molecule is CCc1c(C)nc2c(OC)ccc(OC)c2c1Cl. The predicted octanol–water partition coefficient (Wildman–Crippen LogP) is 3.78. The number of rotatable bonds is 3. The molecule has 0 aliphatic heterocycles. The molecule has 0 unspecified atom stereocenters. The summed E-state index contributed by atoms with van der Waals surface area (Å²) in [6.45, 7) is 4.03. The number of ether oxygens (including phenoxy) is 2. The summed E-state index contributed by atoms with van der Waals surface area (Å²) < 4.78 is 10.7. The summed E-state index contributed by atoms with van der Waals surface area (Å²) >= 11 is 6.48. The second-order valence-corrected chi connectivity index (χ2v) is 4.41. The van der Waals surface area contributed by atoms with E-state index in [0.717, 1.165) is 34.3 Å². The van der Waals surface area contributed by atoms with Crippen LogP contribution in [0.2, 0.25) is 5.02 Å².